The topological polar surface area (TPSA) is 21.3 Å². The Bertz CT molecular complexity index is 309. The van der Waals surface area contributed by atoms with E-state index in [4.69, 9.17) is 4.74 Å². The number of aryl methyl sites for hydroxylation is 1. The minimum atomic E-state index is 0.373. The number of methoxy groups -OCH3 is 1. The number of benzene rings is 1. The van der Waals surface area contributed by atoms with E-state index in [9.17, 15) is 0 Å². The van der Waals surface area contributed by atoms with Gasteiger partial charge in [0.2, 0.25) is 0 Å². The molecule has 16 heavy (non-hydrogen) atoms. The normalized spacial score (nSPS) is 12.8. The molecule has 1 unspecified atom stereocenters. The van der Waals surface area contributed by atoms with Crippen LogP contribution in [0.5, 0.6) is 0 Å². The minimum absolute atomic E-state index is 0.373. The van der Waals surface area contributed by atoms with Crippen LogP contribution in [0.25, 0.3) is 0 Å². The molecule has 1 aromatic carbocycles. The Morgan fingerprint density at radius 2 is 1.94 bits per heavy atom. The Labute approximate surface area is 99.0 Å². The molecule has 0 saturated carbocycles. The quantitative estimate of drug-likeness (QED) is 0.795. The van der Waals surface area contributed by atoms with Crippen LogP contribution in [0.2, 0.25) is 0 Å². The fourth-order valence-electron chi connectivity index (χ4n) is 1.75. The van der Waals surface area contributed by atoms with E-state index in [0.717, 1.165) is 13.0 Å². The lowest BCUT2D eigenvalue weighted by atomic mass is 10.0. The fraction of sp³-hybridized carbons (Fsp3) is 0.571. The maximum absolute atomic E-state index is 5.25. The van der Waals surface area contributed by atoms with E-state index in [1.54, 1.807) is 7.11 Å². The standard InChI is InChI=1S/C14H23NO/c1-5-12-8-6-7-9-13(12)15-14(10-16-4)11(2)3/h6-9,11,14-15H,5,10H2,1-4H3. The van der Waals surface area contributed by atoms with Gasteiger partial charge in [-0.25, -0.2) is 0 Å². The van der Waals surface area contributed by atoms with Crippen LogP contribution in [-0.4, -0.2) is 19.8 Å². The zero-order valence-electron chi connectivity index (χ0n) is 10.8. The molecule has 0 spiro atoms. The highest BCUT2D eigenvalue weighted by Crippen LogP contribution is 2.18. The van der Waals surface area contributed by atoms with E-state index in [1.165, 1.54) is 11.3 Å². The van der Waals surface area contributed by atoms with Gasteiger partial charge in [-0.05, 0) is 24.0 Å². The average molecular weight is 221 g/mol. The number of anilines is 1. The van der Waals surface area contributed by atoms with Crippen molar-refractivity contribution in [2.75, 3.05) is 19.0 Å². The van der Waals surface area contributed by atoms with E-state index in [-0.39, 0.29) is 0 Å². The van der Waals surface area contributed by atoms with Crippen molar-refractivity contribution >= 4 is 5.69 Å². The lowest BCUT2D eigenvalue weighted by Gasteiger charge is -2.24. The van der Waals surface area contributed by atoms with Crippen molar-refractivity contribution in [2.24, 2.45) is 5.92 Å². The molecule has 0 aliphatic carbocycles. The van der Waals surface area contributed by atoms with Crippen molar-refractivity contribution < 1.29 is 4.74 Å². The molecule has 2 nitrogen and oxygen atoms in total. The molecule has 0 aromatic heterocycles. The molecule has 0 aliphatic heterocycles. The van der Waals surface area contributed by atoms with Gasteiger partial charge in [0.15, 0.2) is 0 Å². The SMILES string of the molecule is CCc1ccccc1NC(COC)C(C)C. The molecule has 0 aliphatic rings. The molecule has 0 radical (unpaired) electrons. The summed E-state index contributed by atoms with van der Waals surface area (Å²) in [7, 11) is 1.75. The number of hydrogen-bond acceptors (Lipinski definition) is 2. The van der Waals surface area contributed by atoms with Crippen molar-refractivity contribution in [2.45, 2.75) is 33.2 Å². The van der Waals surface area contributed by atoms with Crippen molar-refractivity contribution in [3.63, 3.8) is 0 Å². The third-order valence-electron chi connectivity index (χ3n) is 2.89. The summed E-state index contributed by atoms with van der Waals surface area (Å²) in [4.78, 5) is 0. The molecule has 1 N–H and O–H groups in total. The summed E-state index contributed by atoms with van der Waals surface area (Å²) in [5, 5.41) is 3.57. The van der Waals surface area contributed by atoms with Crippen molar-refractivity contribution in [1.82, 2.24) is 0 Å². The van der Waals surface area contributed by atoms with Crippen molar-refractivity contribution in [3.05, 3.63) is 29.8 Å². The second kappa shape index (κ2) is 6.54. The van der Waals surface area contributed by atoms with Gasteiger partial charge >= 0.3 is 0 Å². The first-order valence-electron chi connectivity index (χ1n) is 6.02. The first-order valence-corrected chi connectivity index (χ1v) is 6.02. The molecule has 0 amide bonds. The number of para-hydroxylation sites is 1. The van der Waals surface area contributed by atoms with Crippen LogP contribution in [-0.2, 0) is 11.2 Å². The zero-order chi connectivity index (χ0) is 12.0. The van der Waals surface area contributed by atoms with Crippen molar-refractivity contribution in [3.8, 4) is 0 Å². The van der Waals surface area contributed by atoms with Crippen LogP contribution < -0.4 is 5.32 Å². The Hall–Kier alpha value is -1.02. The summed E-state index contributed by atoms with van der Waals surface area (Å²) in [5.41, 5.74) is 2.60. The highest BCUT2D eigenvalue weighted by atomic mass is 16.5. The lowest BCUT2D eigenvalue weighted by molar-refractivity contribution is 0.171. The summed E-state index contributed by atoms with van der Waals surface area (Å²) in [6, 6.07) is 8.85. The predicted molar refractivity (Wildman–Crippen MR) is 69.9 cm³/mol. The number of rotatable bonds is 6. The average Bonchev–Trinajstić information content (AvgIpc) is 2.29. The molecule has 0 bridgehead atoms. The molecule has 0 fully saturated rings. The molecule has 0 saturated heterocycles. The number of ether oxygens (including phenoxy) is 1. The molecule has 90 valence electrons. The predicted octanol–water partition coefficient (Wildman–Crippen LogP) is 3.33. The third kappa shape index (κ3) is 3.53. The van der Waals surface area contributed by atoms with Gasteiger partial charge < -0.3 is 10.1 Å². The molecule has 1 aromatic rings. The second-order valence-electron chi connectivity index (χ2n) is 4.46. The fourth-order valence-corrected chi connectivity index (χ4v) is 1.75. The van der Waals surface area contributed by atoms with E-state index in [2.05, 4.69) is 50.4 Å². The second-order valence-corrected chi connectivity index (χ2v) is 4.46. The summed E-state index contributed by atoms with van der Waals surface area (Å²) in [6.07, 6.45) is 1.06. The maximum Gasteiger partial charge on any atom is 0.0666 e. The zero-order valence-corrected chi connectivity index (χ0v) is 10.8. The molecule has 1 atom stereocenters. The van der Waals surface area contributed by atoms with Gasteiger partial charge in [-0.15, -0.1) is 0 Å². The van der Waals surface area contributed by atoms with Gasteiger partial charge in [-0.2, -0.15) is 0 Å². The first-order chi connectivity index (χ1) is 7.69. The van der Waals surface area contributed by atoms with Crippen LogP contribution >= 0.6 is 0 Å². The Morgan fingerprint density at radius 3 is 2.50 bits per heavy atom. The van der Waals surface area contributed by atoms with Gasteiger partial charge in [0.25, 0.3) is 0 Å². The highest BCUT2D eigenvalue weighted by Gasteiger charge is 2.13. The van der Waals surface area contributed by atoms with E-state index in [1.807, 2.05) is 0 Å². The summed E-state index contributed by atoms with van der Waals surface area (Å²) < 4.78 is 5.25. The largest absolute Gasteiger partial charge is 0.383 e. The molecule has 1 rings (SSSR count). The summed E-state index contributed by atoms with van der Waals surface area (Å²) >= 11 is 0. The van der Waals surface area contributed by atoms with Gasteiger partial charge in [0.05, 0.1) is 12.6 Å². The number of hydrogen-bond donors (Lipinski definition) is 1. The molecular weight excluding hydrogens is 198 g/mol. The Morgan fingerprint density at radius 1 is 1.25 bits per heavy atom. The van der Waals surface area contributed by atoms with Crippen LogP contribution in [0.4, 0.5) is 5.69 Å². The molecule has 2 heteroatoms. The molecular formula is C14H23NO. The highest BCUT2D eigenvalue weighted by molar-refractivity contribution is 5.51. The van der Waals surface area contributed by atoms with Crippen LogP contribution in [0.3, 0.4) is 0 Å². The van der Waals surface area contributed by atoms with E-state index in [0.29, 0.717) is 12.0 Å². The Kier molecular flexibility index (Phi) is 5.33. The summed E-state index contributed by atoms with van der Waals surface area (Å²) in [5.74, 6) is 0.560. The smallest absolute Gasteiger partial charge is 0.0666 e. The van der Waals surface area contributed by atoms with E-state index >= 15 is 0 Å². The monoisotopic (exact) mass is 221 g/mol. The molecule has 0 heterocycles. The van der Waals surface area contributed by atoms with Crippen LogP contribution in [0.15, 0.2) is 24.3 Å². The minimum Gasteiger partial charge on any atom is -0.383 e. The van der Waals surface area contributed by atoms with Gasteiger partial charge in [0, 0.05) is 12.8 Å². The Balaban J connectivity index is 2.76. The van der Waals surface area contributed by atoms with Crippen LogP contribution in [0.1, 0.15) is 26.3 Å². The van der Waals surface area contributed by atoms with Crippen LogP contribution in [0, 0.1) is 5.92 Å². The van der Waals surface area contributed by atoms with Crippen molar-refractivity contribution in [1.29, 1.82) is 0 Å². The van der Waals surface area contributed by atoms with Gasteiger partial charge in [0.1, 0.15) is 0 Å². The van der Waals surface area contributed by atoms with Gasteiger partial charge in [-0.3, -0.25) is 0 Å². The summed E-state index contributed by atoms with van der Waals surface area (Å²) in [6.45, 7) is 7.35. The van der Waals surface area contributed by atoms with Gasteiger partial charge in [-0.1, -0.05) is 39.0 Å². The third-order valence-corrected chi connectivity index (χ3v) is 2.89. The van der Waals surface area contributed by atoms with E-state index < -0.39 is 0 Å². The number of nitrogens with one attached hydrogen (secondary N) is 1. The first kappa shape index (κ1) is 13.0. The maximum atomic E-state index is 5.25. The lowest BCUT2D eigenvalue weighted by Crippen LogP contribution is -2.30.